The summed E-state index contributed by atoms with van der Waals surface area (Å²) in [7, 11) is -3.72. The number of rotatable bonds is 8. The predicted molar refractivity (Wildman–Crippen MR) is 134 cm³/mol. The molecule has 1 aliphatic rings. The Bertz CT molecular complexity index is 1410. The van der Waals surface area contributed by atoms with Gasteiger partial charge in [0.2, 0.25) is 10.0 Å². The van der Waals surface area contributed by atoms with E-state index in [4.69, 9.17) is 0 Å². The van der Waals surface area contributed by atoms with Crippen molar-refractivity contribution in [2.45, 2.75) is 17.9 Å². The Labute approximate surface area is 207 Å². The van der Waals surface area contributed by atoms with E-state index in [2.05, 4.69) is 20.3 Å². The minimum Gasteiger partial charge on any atom is -0.361 e. The first kappa shape index (κ1) is 23.4. The van der Waals surface area contributed by atoms with Crippen LogP contribution >= 0.6 is 11.3 Å². The second-order valence-electron chi connectivity index (χ2n) is 8.15. The molecule has 12 heteroatoms. The highest BCUT2D eigenvalue weighted by Gasteiger charge is 2.32. The number of nitrogens with one attached hydrogen (secondary N) is 1. The van der Waals surface area contributed by atoms with E-state index < -0.39 is 10.0 Å². The third-order valence-electron chi connectivity index (χ3n) is 5.89. The quantitative estimate of drug-likeness (QED) is 0.362. The van der Waals surface area contributed by atoms with E-state index in [-0.39, 0.29) is 23.9 Å². The molecule has 1 N–H and O–H groups in total. The molecule has 1 fully saturated rings. The van der Waals surface area contributed by atoms with Crippen molar-refractivity contribution in [1.29, 1.82) is 0 Å². The molecule has 1 aromatic carbocycles. The summed E-state index contributed by atoms with van der Waals surface area (Å²) in [5.41, 5.74) is 0.836. The summed E-state index contributed by atoms with van der Waals surface area (Å²) in [5.74, 6) is -0.184. The van der Waals surface area contributed by atoms with Crippen LogP contribution in [0.4, 0.5) is 5.13 Å². The standard InChI is InChI=1S/C23H25N7O3S2/c31-22(19-16-34-23(27-19)26-8-3-10-28-11-9-24-17-28)29-12-14-30(15-13-29)35(32,33)20-6-1-4-18-5-2-7-25-21(18)20/h1-2,4-7,9,11,16-17H,3,8,10,12-15H2,(H,26,27). The number of para-hydroxylation sites is 1. The van der Waals surface area contributed by atoms with Gasteiger partial charge in [0.05, 0.1) is 11.8 Å². The van der Waals surface area contributed by atoms with Gasteiger partial charge in [0.15, 0.2) is 5.13 Å². The van der Waals surface area contributed by atoms with Crippen molar-refractivity contribution in [3.05, 3.63) is 66.3 Å². The Morgan fingerprint density at radius 3 is 2.71 bits per heavy atom. The molecule has 182 valence electrons. The number of aromatic nitrogens is 4. The molecular formula is C23H25N7O3S2. The van der Waals surface area contributed by atoms with Crippen LogP contribution in [-0.4, -0.2) is 75.8 Å². The number of carbonyl (C=O) groups excluding carboxylic acids is 1. The Balaban J connectivity index is 1.17. The normalized spacial score (nSPS) is 14.9. The smallest absolute Gasteiger partial charge is 0.273 e. The number of carbonyl (C=O) groups is 1. The lowest BCUT2D eigenvalue weighted by Crippen LogP contribution is -2.50. The summed E-state index contributed by atoms with van der Waals surface area (Å²) < 4.78 is 30.1. The van der Waals surface area contributed by atoms with Gasteiger partial charge in [-0.2, -0.15) is 4.31 Å². The molecule has 0 unspecified atom stereocenters. The number of anilines is 1. The van der Waals surface area contributed by atoms with Gasteiger partial charge in [-0.05, 0) is 18.6 Å². The summed E-state index contributed by atoms with van der Waals surface area (Å²) in [6, 6.07) is 8.77. The fraction of sp³-hybridized carbons (Fsp3) is 0.304. The summed E-state index contributed by atoms with van der Waals surface area (Å²) in [6.07, 6.45) is 7.95. The van der Waals surface area contributed by atoms with E-state index in [1.165, 1.54) is 15.6 Å². The number of benzene rings is 1. The molecule has 0 saturated carbocycles. The summed E-state index contributed by atoms with van der Waals surface area (Å²) in [5, 5.41) is 6.47. The van der Waals surface area contributed by atoms with Crippen molar-refractivity contribution in [2.75, 3.05) is 38.0 Å². The predicted octanol–water partition coefficient (Wildman–Crippen LogP) is 2.54. The fourth-order valence-corrected chi connectivity index (χ4v) is 6.35. The van der Waals surface area contributed by atoms with E-state index in [0.717, 1.165) is 24.9 Å². The van der Waals surface area contributed by atoms with Crippen LogP contribution in [0.3, 0.4) is 0 Å². The first-order chi connectivity index (χ1) is 17.0. The summed E-state index contributed by atoms with van der Waals surface area (Å²) in [6.45, 7) is 2.65. The number of nitrogens with zero attached hydrogens (tertiary/aromatic N) is 6. The molecule has 0 radical (unpaired) electrons. The van der Waals surface area contributed by atoms with Crippen LogP contribution < -0.4 is 5.32 Å². The molecule has 1 amide bonds. The van der Waals surface area contributed by atoms with Crippen LogP contribution in [-0.2, 0) is 16.6 Å². The highest BCUT2D eigenvalue weighted by Crippen LogP contribution is 2.25. The Morgan fingerprint density at radius 2 is 1.91 bits per heavy atom. The molecule has 1 saturated heterocycles. The molecule has 35 heavy (non-hydrogen) atoms. The van der Waals surface area contributed by atoms with Crippen molar-refractivity contribution in [1.82, 2.24) is 28.7 Å². The lowest BCUT2D eigenvalue weighted by Gasteiger charge is -2.33. The van der Waals surface area contributed by atoms with Crippen molar-refractivity contribution in [3.8, 4) is 0 Å². The number of piperazine rings is 1. The molecule has 4 heterocycles. The van der Waals surface area contributed by atoms with Crippen LogP contribution in [0.2, 0.25) is 0 Å². The summed E-state index contributed by atoms with van der Waals surface area (Å²) >= 11 is 1.39. The first-order valence-corrected chi connectivity index (χ1v) is 13.6. The molecule has 3 aromatic heterocycles. The third kappa shape index (κ3) is 5.04. The average molecular weight is 512 g/mol. The number of sulfonamides is 1. The molecule has 5 rings (SSSR count). The minimum absolute atomic E-state index is 0.184. The summed E-state index contributed by atoms with van der Waals surface area (Å²) in [4.78, 5) is 27.5. The Morgan fingerprint density at radius 1 is 1.09 bits per heavy atom. The minimum atomic E-state index is -3.72. The number of amides is 1. The molecule has 0 bridgehead atoms. The molecule has 10 nitrogen and oxygen atoms in total. The van der Waals surface area contributed by atoms with Crippen molar-refractivity contribution < 1.29 is 13.2 Å². The maximum atomic E-state index is 13.3. The van der Waals surface area contributed by atoms with Gasteiger partial charge in [-0.1, -0.05) is 18.2 Å². The van der Waals surface area contributed by atoms with Crippen LogP contribution in [0.25, 0.3) is 10.9 Å². The van der Waals surface area contributed by atoms with Gasteiger partial charge in [-0.25, -0.2) is 18.4 Å². The van der Waals surface area contributed by atoms with Crippen molar-refractivity contribution in [2.24, 2.45) is 0 Å². The van der Waals surface area contributed by atoms with Crippen molar-refractivity contribution >= 4 is 43.3 Å². The maximum absolute atomic E-state index is 13.3. The molecule has 1 aliphatic heterocycles. The fourth-order valence-electron chi connectivity index (χ4n) is 4.05. The lowest BCUT2D eigenvalue weighted by molar-refractivity contribution is 0.0693. The molecular weight excluding hydrogens is 486 g/mol. The van der Waals surface area contributed by atoms with Gasteiger partial charge in [0.1, 0.15) is 10.6 Å². The SMILES string of the molecule is O=C(c1csc(NCCCn2ccnc2)n1)N1CCN(S(=O)(=O)c2cccc3cccnc23)CC1. The van der Waals surface area contributed by atoms with Crippen LogP contribution in [0.15, 0.2) is 65.5 Å². The molecule has 0 spiro atoms. The highest BCUT2D eigenvalue weighted by atomic mass is 32.2. The zero-order chi connectivity index (χ0) is 24.3. The van der Waals surface area contributed by atoms with Crippen molar-refractivity contribution in [3.63, 3.8) is 0 Å². The van der Waals surface area contributed by atoms with Crippen LogP contribution in [0, 0.1) is 0 Å². The van der Waals surface area contributed by atoms with E-state index in [0.29, 0.717) is 29.4 Å². The Kier molecular flexibility index (Phi) is 6.75. The first-order valence-electron chi connectivity index (χ1n) is 11.3. The monoisotopic (exact) mass is 511 g/mol. The molecule has 0 aliphatic carbocycles. The van der Waals surface area contributed by atoms with E-state index in [1.807, 2.05) is 22.9 Å². The number of thiazole rings is 1. The van der Waals surface area contributed by atoms with Gasteiger partial charge in [0.25, 0.3) is 5.91 Å². The number of hydrogen-bond donors (Lipinski definition) is 1. The van der Waals surface area contributed by atoms with Gasteiger partial charge in [-0.3, -0.25) is 9.78 Å². The van der Waals surface area contributed by atoms with Gasteiger partial charge in [0, 0.05) is 68.6 Å². The Hall–Kier alpha value is -3.35. The number of hydrogen-bond acceptors (Lipinski definition) is 8. The number of fused-ring (bicyclic) bond motifs is 1. The average Bonchev–Trinajstić information content (AvgIpc) is 3.58. The zero-order valence-corrected chi connectivity index (χ0v) is 20.6. The second-order valence-corrected chi connectivity index (χ2v) is 10.9. The highest BCUT2D eigenvalue weighted by molar-refractivity contribution is 7.89. The maximum Gasteiger partial charge on any atom is 0.273 e. The second kappa shape index (κ2) is 10.1. The largest absolute Gasteiger partial charge is 0.361 e. The molecule has 4 aromatic rings. The van der Waals surface area contributed by atoms with Gasteiger partial charge in [-0.15, -0.1) is 11.3 Å². The van der Waals surface area contributed by atoms with E-state index in [9.17, 15) is 13.2 Å². The number of imidazole rings is 1. The van der Waals surface area contributed by atoms with Crippen LogP contribution in [0.1, 0.15) is 16.9 Å². The topological polar surface area (TPSA) is 113 Å². The third-order valence-corrected chi connectivity index (χ3v) is 8.62. The zero-order valence-electron chi connectivity index (χ0n) is 18.9. The van der Waals surface area contributed by atoms with Gasteiger partial charge < -0.3 is 14.8 Å². The molecule has 0 atom stereocenters. The van der Waals surface area contributed by atoms with Gasteiger partial charge >= 0.3 is 0 Å². The lowest BCUT2D eigenvalue weighted by atomic mass is 10.2. The van der Waals surface area contributed by atoms with Crippen LogP contribution in [0.5, 0.6) is 0 Å². The van der Waals surface area contributed by atoms with E-state index >= 15 is 0 Å². The number of aryl methyl sites for hydroxylation is 1. The van der Waals surface area contributed by atoms with E-state index in [1.54, 1.807) is 47.2 Å². The number of pyridine rings is 1.